The van der Waals surface area contributed by atoms with Crippen LogP contribution in [0.1, 0.15) is 0 Å². The number of rotatable bonds is 6. The Bertz CT molecular complexity index is 459. The van der Waals surface area contributed by atoms with Crippen molar-refractivity contribution >= 4 is 31.3 Å². The fraction of sp³-hybridized carbons (Fsp3) is 0.600. The highest BCUT2D eigenvalue weighted by Crippen LogP contribution is 2.25. The second kappa shape index (κ2) is 6.56. The normalized spacial score (nSPS) is 11.6. The standard InChI is InChI=1S/C10H16Cl2N2O3Si/c1-18(2,3)5-4-16-6-17-10-8(12)7(11)9(15)13-14-10/h4-6H2,1-3H3,(H,13,15). The first-order valence-electron chi connectivity index (χ1n) is 5.45. The molecular formula is C10H16Cl2N2O3Si. The largest absolute Gasteiger partial charge is 0.448 e. The fourth-order valence-electron chi connectivity index (χ4n) is 1.02. The summed E-state index contributed by atoms with van der Waals surface area (Å²) in [5.41, 5.74) is -0.548. The molecule has 0 aliphatic carbocycles. The van der Waals surface area contributed by atoms with Crippen LogP contribution in [0.4, 0.5) is 0 Å². The van der Waals surface area contributed by atoms with Crippen molar-refractivity contribution < 1.29 is 9.47 Å². The highest BCUT2D eigenvalue weighted by Gasteiger charge is 2.13. The van der Waals surface area contributed by atoms with E-state index in [1.807, 2.05) is 0 Å². The van der Waals surface area contributed by atoms with Crippen molar-refractivity contribution in [2.45, 2.75) is 25.7 Å². The lowest BCUT2D eigenvalue weighted by molar-refractivity contribution is 0.0188. The Labute approximate surface area is 116 Å². The van der Waals surface area contributed by atoms with Crippen molar-refractivity contribution in [2.24, 2.45) is 0 Å². The van der Waals surface area contributed by atoms with Gasteiger partial charge in [-0.1, -0.05) is 42.8 Å². The molecule has 18 heavy (non-hydrogen) atoms. The molecule has 0 aliphatic heterocycles. The summed E-state index contributed by atoms with van der Waals surface area (Å²) in [5.74, 6) is 0.0641. The van der Waals surface area contributed by atoms with Crippen molar-refractivity contribution in [3.8, 4) is 5.88 Å². The Morgan fingerprint density at radius 1 is 1.28 bits per heavy atom. The Kier molecular flexibility index (Phi) is 5.65. The molecule has 0 saturated heterocycles. The van der Waals surface area contributed by atoms with Crippen LogP contribution in [0, 0.1) is 0 Å². The number of aromatic amines is 1. The van der Waals surface area contributed by atoms with Crippen molar-refractivity contribution in [3.05, 3.63) is 20.4 Å². The molecule has 0 atom stereocenters. The second-order valence-corrected chi connectivity index (χ2v) is 11.3. The zero-order valence-electron chi connectivity index (χ0n) is 10.5. The van der Waals surface area contributed by atoms with Gasteiger partial charge >= 0.3 is 0 Å². The topological polar surface area (TPSA) is 64.2 Å². The summed E-state index contributed by atoms with van der Waals surface area (Å²) in [4.78, 5) is 11.1. The Hall–Kier alpha value is -0.563. The fourth-order valence-corrected chi connectivity index (χ4v) is 2.09. The molecule has 1 rings (SSSR count). The van der Waals surface area contributed by atoms with E-state index >= 15 is 0 Å². The molecule has 0 aromatic carbocycles. The lowest BCUT2D eigenvalue weighted by atomic mass is 10.5. The maximum Gasteiger partial charge on any atom is 0.284 e. The van der Waals surface area contributed by atoms with Gasteiger partial charge in [0.2, 0.25) is 0 Å². The van der Waals surface area contributed by atoms with Crippen LogP contribution in [0.2, 0.25) is 35.7 Å². The zero-order valence-corrected chi connectivity index (χ0v) is 13.1. The monoisotopic (exact) mass is 310 g/mol. The maximum absolute atomic E-state index is 11.1. The summed E-state index contributed by atoms with van der Waals surface area (Å²) in [6, 6.07) is 1.05. The average molecular weight is 311 g/mol. The number of aromatic nitrogens is 2. The summed E-state index contributed by atoms with van der Waals surface area (Å²) in [5, 5.41) is 5.68. The first-order chi connectivity index (χ1) is 8.31. The van der Waals surface area contributed by atoms with Crippen LogP contribution in [0.5, 0.6) is 5.88 Å². The number of hydrogen-bond acceptors (Lipinski definition) is 4. The molecule has 0 unspecified atom stereocenters. The number of H-pyrrole nitrogens is 1. The predicted octanol–water partition coefficient (Wildman–Crippen LogP) is 2.77. The van der Waals surface area contributed by atoms with E-state index < -0.39 is 13.6 Å². The van der Waals surface area contributed by atoms with Crippen LogP contribution in [0.25, 0.3) is 0 Å². The lowest BCUT2D eigenvalue weighted by Gasteiger charge is -2.15. The summed E-state index contributed by atoms with van der Waals surface area (Å²) in [6.07, 6.45) is 0. The van der Waals surface area contributed by atoms with Gasteiger partial charge in [0, 0.05) is 14.7 Å². The van der Waals surface area contributed by atoms with E-state index in [-0.39, 0.29) is 22.7 Å². The van der Waals surface area contributed by atoms with Gasteiger partial charge in [-0.25, -0.2) is 5.10 Å². The van der Waals surface area contributed by atoms with E-state index in [0.29, 0.717) is 6.61 Å². The van der Waals surface area contributed by atoms with E-state index in [1.165, 1.54) is 0 Å². The van der Waals surface area contributed by atoms with Gasteiger partial charge < -0.3 is 9.47 Å². The highest BCUT2D eigenvalue weighted by atomic mass is 35.5. The molecule has 1 aromatic rings. The first kappa shape index (κ1) is 15.5. The molecule has 5 nitrogen and oxygen atoms in total. The van der Waals surface area contributed by atoms with Gasteiger partial charge in [0.1, 0.15) is 10.0 Å². The summed E-state index contributed by atoms with van der Waals surface area (Å²) >= 11 is 11.4. The average Bonchev–Trinajstić information content (AvgIpc) is 2.27. The Morgan fingerprint density at radius 2 is 1.94 bits per heavy atom. The smallest absolute Gasteiger partial charge is 0.284 e. The van der Waals surface area contributed by atoms with Gasteiger partial charge in [-0.2, -0.15) is 0 Å². The third kappa shape index (κ3) is 4.97. The molecule has 0 fully saturated rings. The molecule has 1 heterocycles. The molecule has 0 amide bonds. The van der Waals surface area contributed by atoms with Crippen LogP contribution in [-0.2, 0) is 4.74 Å². The molecule has 102 valence electrons. The van der Waals surface area contributed by atoms with Crippen LogP contribution in [0.3, 0.4) is 0 Å². The van der Waals surface area contributed by atoms with E-state index in [4.69, 9.17) is 32.7 Å². The van der Waals surface area contributed by atoms with Gasteiger partial charge in [-0.15, -0.1) is 5.10 Å². The molecule has 0 radical (unpaired) electrons. The van der Waals surface area contributed by atoms with E-state index in [0.717, 1.165) is 6.04 Å². The lowest BCUT2D eigenvalue weighted by Crippen LogP contribution is -2.22. The zero-order chi connectivity index (χ0) is 13.8. The quantitative estimate of drug-likeness (QED) is 0.498. The maximum atomic E-state index is 11.1. The molecule has 1 aromatic heterocycles. The molecule has 1 N–H and O–H groups in total. The van der Waals surface area contributed by atoms with Crippen LogP contribution in [-0.4, -0.2) is 31.7 Å². The number of hydrogen-bond donors (Lipinski definition) is 1. The number of nitrogens with one attached hydrogen (secondary N) is 1. The number of halogens is 2. The SMILES string of the molecule is C[Si](C)(C)CCOCOc1n[nH]c(=O)c(Cl)c1Cl. The molecule has 8 heteroatoms. The minimum atomic E-state index is -1.10. The van der Waals surface area contributed by atoms with Crippen LogP contribution < -0.4 is 10.3 Å². The number of nitrogens with zero attached hydrogens (tertiary/aromatic N) is 1. The number of ether oxygens (including phenoxy) is 2. The summed E-state index contributed by atoms with van der Waals surface area (Å²) in [6.45, 7) is 7.44. The van der Waals surface area contributed by atoms with Crippen LogP contribution in [0.15, 0.2) is 4.79 Å². The van der Waals surface area contributed by atoms with Gasteiger partial charge in [0.05, 0.1) is 0 Å². The van der Waals surface area contributed by atoms with Crippen molar-refractivity contribution in [1.29, 1.82) is 0 Å². The van der Waals surface area contributed by atoms with Gasteiger partial charge in [0.15, 0.2) is 6.79 Å². The van der Waals surface area contributed by atoms with Crippen molar-refractivity contribution in [1.82, 2.24) is 10.2 Å². The van der Waals surface area contributed by atoms with Crippen molar-refractivity contribution in [2.75, 3.05) is 13.4 Å². The van der Waals surface area contributed by atoms with Crippen molar-refractivity contribution in [3.63, 3.8) is 0 Å². The van der Waals surface area contributed by atoms with E-state index in [2.05, 4.69) is 29.8 Å². The molecule has 0 aliphatic rings. The van der Waals surface area contributed by atoms with Gasteiger partial charge in [0.25, 0.3) is 11.4 Å². The van der Waals surface area contributed by atoms with Gasteiger partial charge in [-0.05, 0) is 6.04 Å². The van der Waals surface area contributed by atoms with E-state index in [9.17, 15) is 4.79 Å². The van der Waals surface area contributed by atoms with Crippen LogP contribution >= 0.6 is 23.2 Å². The predicted molar refractivity (Wildman–Crippen MR) is 74.5 cm³/mol. The van der Waals surface area contributed by atoms with E-state index in [1.54, 1.807) is 0 Å². The van der Waals surface area contributed by atoms with Gasteiger partial charge in [-0.3, -0.25) is 4.79 Å². The third-order valence-corrected chi connectivity index (χ3v) is 4.63. The highest BCUT2D eigenvalue weighted by molar-refractivity contribution is 6.76. The third-order valence-electron chi connectivity index (χ3n) is 2.11. The second-order valence-electron chi connectivity index (χ2n) is 4.97. The molecular weight excluding hydrogens is 295 g/mol. The molecule has 0 spiro atoms. The Balaban J connectivity index is 2.41. The summed E-state index contributed by atoms with van der Waals surface area (Å²) in [7, 11) is -1.10. The Morgan fingerprint density at radius 3 is 2.56 bits per heavy atom. The minimum absolute atomic E-state index is 0.00536. The first-order valence-corrected chi connectivity index (χ1v) is 9.92. The summed E-state index contributed by atoms with van der Waals surface area (Å²) < 4.78 is 10.5. The molecule has 0 bridgehead atoms. The molecule has 0 saturated carbocycles. The minimum Gasteiger partial charge on any atom is -0.448 e.